The molecule has 1 aliphatic rings. The van der Waals surface area contributed by atoms with Gasteiger partial charge in [-0.3, -0.25) is 4.79 Å². The smallest absolute Gasteiger partial charge is 0.306 e. The summed E-state index contributed by atoms with van der Waals surface area (Å²) in [7, 11) is 0. The summed E-state index contributed by atoms with van der Waals surface area (Å²) in [5.41, 5.74) is 3.82. The number of hydrogen-bond donors (Lipinski definition) is 1. The normalized spacial score (nSPS) is 18.0. The molecule has 0 radical (unpaired) electrons. The number of nitrogens with zero attached hydrogens (tertiary/aromatic N) is 1. The van der Waals surface area contributed by atoms with Gasteiger partial charge < -0.3 is 10.0 Å². The number of carbonyl (C=O) groups is 1. The van der Waals surface area contributed by atoms with E-state index >= 15 is 0 Å². The third-order valence-corrected chi connectivity index (χ3v) is 4.44. The van der Waals surface area contributed by atoms with Gasteiger partial charge in [-0.15, -0.1) is 0 Å². The van der Waals surface area contributed by atoms with Crippen molar-refractivity contribution >= 4 is 11.7 Å². The molecular formula is C19H21NO2. The Labute approximate surface area is 131 Å². The number of aliphatic carboxylic acids is 1. The van der Waals surface area contributed by atoms with Gasteiger partial charge in [0.1, 0.15) is 0 Å². The second-order valence-corrected chi connectivity index (χ2v) is 6.08. The van der Waals surface area contributed by atoms with E-state index < -0.39 is 5.97 Å². The Hall–Kier alpha value is -2.29. The second-order valence-electron chi connectivity index (χ2n) is 6.08. The molecule has 3 heteroatoms. The lowest BCUT2D eigenvalue weighted by atomic mass is 9.98. The number of benzene rings is 2. The van der Waals surface area contributed by atoms with E-state index in [9.17, 15) is 9.90 Å². The van der Waals surface area contributed by atoms with Crippen LogP contribution in [0.15, 0.2) is 54.6 Å². The van der Waals surface area contributed by atoms with E-state index in [1.54, 1.807) is 6.92 Å². The summed E-state index contributed by atoms with van der Waals surface area (Å²) in [4.78, 5) is 13.6. The van der Waals surface area contributed by atoms with Gasteiger partial charge in [0.15, 0.2) is 0 Å². The SMILES string of the molecule is CC(CC1Cc2ccccc2N1Cc1ccccc1)C(=O)O. The van der Waals surface area contributed by atoms with Crippen molar-refractivity contribution in [3.8, 4) is 0 Å². The van der Waals surface area contributed by atoms with Gasteiger partial charge in [-0.1, -0.05) is 55.5 Å². The molecule has 0 saturated heterocycles. The molecule has 0 spiro atoms. The van der Waals surface area contributed by atoms with Gasteiger partial charge in [0.25, 0.3) is 0 Å². The summed E-state index contributed by atoms with van der Waals surface area (Å²) in [6, 6.07) is 19.0. The Morgan fingerprint density at radius 2 is 1.86 bits per heavy atom. The van der Waals surface area contributed by atoms with Gasteiger partial charge in [-0.2, -0.15) is 0 Å². The van der Waals surface area contributed by atoms with Crippen LogP contribution in [-0.2, 0) is 17.8 Å². The highest BCUT2D eigenvalue weighted by atomic mass is 16.4. The first kappa shape index (κ1) is 14.6. The fourth-order valence-electron chi connectivity index (χ4n) is 3.24. The van der Waals surface area contributed by atoms with Crippen LogP contribution < -0.4 is 4.90 Å². The first-order valence-corrected chi connectivity index (χ1v) is 7.76. The lowest BCUT2D eigenvalue weighted by Gasteiger charge is -2.29. The highest BCUT2D eigenvalue weighted by Gasteiger charge is 2.31. The minimum Gasteiger partial charge on any atom is -0.481 e. The predicted octanol–water partition coefficient (Wildman–Crippen LogP) is 3.73. The predicted molar refractivity (Wildman–Crippen MR) is 88.0 cm³/mol. The Balaban J connectivity index is 1.85. The van der Waals surface area contributed by atoms with Crippen molar-refractivity contribution in [1.29, 1.82) is 0 Å². The van der Waals surface area contributed by atoms with Crippen molar-refractivity contribution in [2.75, 3.05) is 4.90 Å². The number of anilines is 1. The highest BCUT2D eigenvalue weighted by molar-refractivity contribution is 5.70. The molecule has 0 bridgehead atoms. The zero-order chi connectivity index (χ0) is 15.5. The fraction of sp³-hybridized carbons (Fsp3) is 0.316. The Morgan fingerprint density at radius 3 is 2.59 bits per heavy atom. The van der Waals surface area contributed by atoms with Gasteiger partial charge in [-0.25, -0.2) is 0 Å². The Kier molecular flexibility index (Phi) is 4.14. The second kappa shape index (κ2) is 6.22. The van der Waals surface area contributed by atoms with Gasteiger partial charge in [-0.05, 0) is 30.0 Å². The maximum Gasteiger partial charge on any atom is 0.306 e. The zero-order valence-electron chi connectivity index (χ0n) is 12.8. The average Bonchev–Trinajstić information content (AvgIpc) is 2.86. The molecule has 2 aromatic carbocycles. The molecule has 22 heavy (non-hydrogen) atoms. The molecule has 2 atom stereocenters. The van der Waals surface area contributed by atoms with Crippen LogP contribution in [0.2, 0.25) is 0 Å². The first-order chi connectivity index (χ1) is 10.6. The largest absolute Gasteiger partial charge is 0.481 e. The van der Waals surface area contributed by atoms with E-state index in [1.807, 2.05) is 18.2 Å². The fourth-order valence-corrected chi connectivity index (χ4v) is 3.24. The quantitative estimate of drug-likeness (QED) is 0.913. The monoisotopic (exact) mass is 295 g/mol. The summed E-state index contributed by atoms with van der Waals surface area (Å²) in [5, 5.41) is 9.22. The van der Waals surface area contributed by atoms with E-state index in [4.69, 9.17) is 0 Å². The summed E-state index contributed by atoms with van der Waals surface area (Å²) in [6.07, 6.45) is 1.61. The standard InChI is InChI=1S/C19H21NO2/c1-14(19(21)22)11-17-12-16-9-5-6-10-18(16)20(17)13-15-7-3-2-4-8-15/h2-10,14,17H,11-13H2,1H3,(H,21,22). The van der Waals surface area contributed by atoms with E-state index in [2.05, 4.69) is 41.3 Å². The Bertz CT molecular complexity index is 653. The highest BCUT2D eigenvalue weighted by Crippen LogP contribution is 2.35. The molecule has 0 fully saturated rings. The van der Waals surface area contributed by atoms with Gasteiger partial charge in [0, 0.05) is 18.3 Å². The molecule has 0 aliphatic carbocycles. The van der Waals surface area contributed by atoms with Crippen molar-refractivity contribution in [3.05, 3.63) is 65.7 Å². The minimum atomic E-state index is -0.712. The van der Waals surface area contributed by atoms with Gasteiger partial charge >= 0.3 is 5.97 Å². The number of carboxylic acids is 1. The van der Waals surface area contributed by atoms with Crippen LogP contribution in [0.3, 0.4) is 0 Å². The molecule has 1 N–H and O–H groups in total. The summed E-state index contributed by atoms with van der Waals surface area (Å²) < 4.78 is 0. The lowest BCUT2D eigenvalue weighted by molar-refractivity contribution is -0.141. The number of hydrogen-bond acceptors (Lipinski definition) is 2. The molecule has 2 aromatic rings. The van der Waals surface area contributed by atoms with Crippen LogP contribution in [0.25, 0.3) is 0 Å². The molecule has 3 rings (SSSR count). The summed E-state index contributed by atoms with van der Waals surface area (Å²) >= 11 is 0. The van der Waals surface area contributed by atoms with Crippen LogP contribution in [0, 0.1) is 5.92 Å². The van der Waals surface area contributed by atoms with Gasteiger partial charge in [0.05, 0.1) is 5.92 Å². The molecular weight excluding hydrogens is 274 g/mol. The van der Waals surface area contributed by atoms with Crippen LogP contribution in [-0.4, -0.2) is 17.1 Å². The van der Waals surface area contributed by atoms with E-state index in [1.165, 1.54) is 16.8 Å². The van der Waals surface area contributed by atoms with E-state index in [0.717, 1.165) is 13.0 Å². The maximum atomic E-state index is 11.2. The van der Waals surface area contributed by atoms with Crippen molar-refractivity contribution in [1.82, 2.24) is 0 Å². The third-order valence-electron chi connectivity index (χ3n) is 4.44. The van der Waals surface area contributed by atoms with Crippen LogP contribution in [0.4, 0.5) is 5.69 Å². The molecule has 0 saturated carbocycles. The summed E-state index contributed by atoms with van der Waals surface area (Å²) in [5.74, 6) is -1.03. The van der Waals surface area contributed by atoms with Crippen LogP contribution >= 0.6 is 0 Å². The maximum absolute atomic E-state index is 11.2. The number of para-hydroxylation sites is 1. The Morgan fingerprint density at radius 1 is 1.18 bits per heavy atom. The first-order valence-electron chi connectivity index (χ1n) is 7.76. The summed E-state index contributed by atoms with van der Waals surface area (Å²) in [6.45, 7) is 2.63. The average molecular weight is 295 g/mol. The zero-order valence-corrected chi connectivity index (χ0v) is 12.8. The van der Waals surface area contributed by atoms with Crippen LogP contribution in [0.1, 0.15) is 24.5 Å². The van der Waals surface area contributed by atoms with E-state index in [-0.39, 0.29) is 12.0 Å². The van der Waals surface area contributed by atoms with Crippen molar-refractivity contribution in [2.24, 2.45) is 5.92 Å². The van der Waals surface area contributed by atoms with Crippen molar-refractivity contribution in [2.45, 2.75) is 32.4 Å². The molecule has 1 aliphatic heterocycles. The van der Waals surface area contributed by atoms with E-state index in [0.29, 0.717) is 6.42 Å². The lowest BCUT2D eigenvalue weighted by Crippen LogP contribution is -2.34. The molecule has 114 valence electrons. The third kappa shape index (κ3) is 2.98. The molecule has 2 unspecified atom stereocenters. The molecule has 0 amide bonds. The van der Waals surface area contributed by atoms with Gasteiger partial charge in [0.2, 0.25) is 0 Å². The number of rotatable bonds is 5. The molecule has 1 heterocycles. The minimum absolute atomic E-state index is 0.253. The molecule has 3 nitrogen and oxygen atoms in total. The van der Waals surface area contributed by atoms with Crippen LogP contribution in [0.5, 0.6) is 0 Å². The number of fused-ring (bicyclic) bond motifs is 1. The topological polar surface area (TPSA) is 40.5 Å². The number of carboxylic acid groups (broad SMARTS) is 1. The van der Waals surface area contributed by atoms with Crippen molar-refractivity contribution < 1.29 is 9.90 Å². The van der Waals surface area contributed by atoms with Crippen molar-refractivity contribution in [3.63, 3.8) is 0 Å². The molecule has 0 aromatic heterocycles.